The van der Waals surface area contributed by atoms with Gasteiger partial charge in [0, 0.05) is 0 Å². The molecule has 2 amide bonds. The highest BCUT2D eigenvalue weighted by molar-refractivity contribution is 5.97. The molecule has 4 unspecified atom stereocenters. The molecule has 3 fully saturated rings. The van der Waals surface area contributed by atoms with E-state index in [2.05, 4.69) is 0 Å². The minimum Gasteiger partial charge on any atom is -0.443 e. The molecule has 1 aliphatic carbocycles. The number of amides is 2. The van der Waals surface area contributed by atoms with E-state index >= 15 is 0 Å². The maximum absolute atomic E-state index is 11.9. The van der Waals surface area contributed by atoms with Gasteiger partial charge in [-0.3, -0.25) is 4.79 Å². The molecule has 0 aromatic heterocycles. The van der Waals surface area contributed by atoms with Crippen molar-refractivity contribution in [1.29, 1.82) is 0 Å². The third-order valence-corrected chi connectivity index (χ3v) is 3.31. The van der Waals surface area contributed by atoms with Crippen LogP contribution in [-0.4, -0.2) is 40.8 Å². The second-order valence-electron chi connectivity index (χ2n) is 5.66. The molecule has 0 spiro atoms. The van der Waals surface area contributed by atoms with Crippen molar-refractivity contribution in [2.45, 2.75) is 51.0 Å². The lowest BCUT2D eigenvalue weighted by Gasteiger charge is -2.27. The maximum Gasteiger partial charge on any atom is 0.417 e. The van der Waals surface area contributed by atoms with Gasteiger partial charge in [-0.15, -0.1) is 0 Å². The van der Waals surface area contributed by atoms with Gasteiger partial charge >= 0.3 is 6.09 Å². The van der Waals surface area contributed by atoms with Crippen LogP contribution in [0.25, 0.3) is 0 Å². The molecule has 4 atom stereocenters. The van der Waals surface area contributed by atoms with Gasteiger partial charge in [-0.25, -0.2) is 9.69 Å². The van der Waals surface area contributed by atoms with Gasteiger partial charge in [0.2, 0.25) is 5.91 Å². The molecular weight excluding hydrogens is 210 g/mol. The molecule has 2 heterocycles. The van der Waals surface area contributed by atoms with Gasteiger partial charge in [-0.1, -0.05) is 0 Å². The zero-order valence-corrected chi connectivity index (χ0v) is 9.60. The molecule has 3 aliphatic rings. The number of piperidine rings is 1. The van der Waals surface area contributed by atoms with Gasteiger partial charge in [0.05, 0.1) is 18.1 Å². The quantitative estimate of drug-likeness (QED) is 0.575. The number of hydrogen-bond acceptors (Lipinski definition) is 4. The molecule has 5 nitrogen and oxygen atoms in total. The molecule has 3 rings (SSSR count). The lowest BCUT2D eigenvalue weighted by molar-refractivity contribution is -0.132. The van der Waals surface area contributed by atoms with Crippen molar-refractivity contribution in [3.8, 4) is 0 Å². The Morgan fingerprint density at radius 2 is 2.12 bits per heavy atom. The third kappa shape index (κ3) is 1.27. The molecular formula is C11H15NO4. The van der Waals surface area contributed by atoms with E-state index in [-0.39, 0.29) is 30.1 Å². The lowest BCUT2D eigenvalue weighted by Crippen LogP contribution is -2.47. The molecule has 0 N–H and O–H groups in total. The smallest absolute Gasteiger partial charge is 0.417 e. The Bertz CT molecular complexity index is 373. The van der Waals surface area contributed by atoms with Crippen LogP contribution in [-0.2, 0) is 14.3 Å². The zero-order chi connectivity index (χ0) is 11.7. The van der Waals surface area contributed by atoms with Gasteiger partial charge in [-0.2, -0.15) is 0 Å². The normalized spacial score (nSPS) is 39.9. The number of rotatable bonds is 0. The fourth-order valence-corrected chi connectivity index (χ4v) is 2.67. The predicted molar refractivity (Wildman–Crippen MR) is 53.6 cm³/mol. The van der Waals surface area contributed by atoms with E-state index in [9.17, 15) is 9.59 Å². The van der Waals surface area contributed by atoms with Gasteiger partial charge in [0.25, 0.3) is 0 Å². The SMILES string of the molecule is CC(C)(C)OC(=O)N1C(=O)C2CC1C1OC21. The van der Waals surface area contributed by atoms with Crippen molar-refractivity contribution in [3.05, 3.63) is 0 Å². The fraction of sp³-hybridized carbons (Fsp3) is 0.818. The summed E-state index contributed by atoms with van der Waals surface area (Å²) in [5.41, 5.74) is -0.566. The second kappa shape index (κ2) is 2.77. The first kappa shape index (κ1) is 10.1. The number of fused-ring (bicyclic) bond motifs is 5. The summed E-state index contributed by atoms with van der Waals surface area (Å²) in [6.07, 6.45) is 0.373. The Labute approximate surface area is 93.7 Å². The number of imide groups is 1. The Morgan fingerprint density at radius 1 is 1.44 bits per heavy atom. The molecule has 16 heavy (non-hydrogen) atoms. The molecule has 0 aromatic rings. The van der Waals surface area contributed by atoms with E-state index in [1.54, 1.807) is 20.8 Å². The number of hydrogen-bond donors (Lipinski definition) is 0. The Hall–Kier alpha value is -1.10. The van der Waals surface area contributed by atoms with Gasteiger partial charge in [0.15, 0.2) is 0 Å². The fourth-order valence-electron chi connectivity index (χ4n) is 2.67. The summed E-state index contributed by atoms with van der Waals surface area (Å²) in [5.74, 6) is -0.236. The largest absolute Gasteiger partial charge is 0.443 e. The molecule has 0 aromatic carbocycles. The van der Waals surface area contributed by atoms with Crippen molar-refractivity contribution < 1.29 is 19.1 Å². The topological polar surface area (TPSA) is 59.1 Å². The summed E-state index contributed by atoms with van der Waals surface area (Å²) in [6, 6.07) is -0.0858. The van der Waals surface area contributed by atoms with Crippen molar-refractivity contribution in [3.63, 3.8) is 0 Å². The third-order valence-electron chi connectivity index (χ3n) is 3.31. The number of likely N-dealkylation sites (tertiary alicyclic amines) is 1. The van der Waals surface area contributed by atoms with Crippen LogP contribution in [0.1, 0.15) is 27.2 Å². The lowest BCUT2D eigenvalue weighted by atomic mass is 10.1. The van der Waals surface area contributed by atoms with Gasteiger partial charge < -0.3 is 9.47 Å². The summed E-state index contributed by atoms with van der Waals surface area (Å²) < 4.78 is 10.6. The van der Waals surface area contributed by atoms with Crippen molar-refractivity contribution in [2.24, 2.45) is 5.92 Å². The van der Waals surface area contributed by atoms with Crippen molar-refractivity contribution in [1.82, 2.24) is 4.90 Å². The van der Waals surface area contributed by atoms with Crippen molar-refractivity contribution >= 4 is 12.0 Å². The van der Waals surface area contributed by atoms with Crippen LogP contribution in [0, 0.1) is 5.92 Å². The molecule has 2 aliphatic heterocycles. The molecule has 2 saturated heterocycles. The van der Waals surface area contributed by atoms with E-state index < -0.39 is 11.7 Å². The summed E-state index contributed by atoms with van der Waals surface area (Å²) in [6.45, 7) is 5.38. The highest BCUT2D eigenvalue weighted by Gasteiger charge is 2.68. The summed E-state index contributed by atoms with van der Waals surface area (Å²) in [7, 11) is 0. The molecule has 88 valence electrons. The van der Waals surface area contributed by atoms with Crippen LogP contribution in [0.4, 0.5) is 4.79 Å². The minimum absolute atomic E-state index is 0.0789. The van der Waals surface area contributed by atoms with Crippen LogP contribution in [0.15, 0.2) is 0 Å². The number of carbonyl (C=O) groups excluding carboxylic acids is 2. The Morgan fingerprint density at radius 3 is 2.69 bits per heavy atom. The monoisotopic (exact) mass is 225 g/mol. The van der Waals surface area contributed by atoms with E-state index in [1.165, 1.54) is 4.90 Å². The van der Waals surface area contributed by atoms with Crippen molar-refractivity contribution in [2.75, 3.05) is 0 Å². The maximum atomic E-state index is 11.9. The average molecular weight is 225 g/mol. The van der Waals surface area contributed by atoms with E-state index in [0.29, 0.717) is 0 Å². The van der Waals surface area contributed by atoms with Crippen LogP contribution in [0.5, 0.6) is 0 Å². The first-order chi connectivity index (χ1) is 7.38. The number of carbonyl (C=O) groups is 2. The summed E-state index contributed by atoms with van der Waals surface area (Å²) in [5, 5.41) is 0. The van der Waals surface area contributed by atoms with E-state index in [4.69, 9.17) is 9.47 Å². The number of ether oxygens (including phenoxy) is 2. The highest BCUT2D eigenvalue weighted by Crippen LogP contribution is 2.51. The zero-order valence-electron chi connectivity index (χ0n) is 9.60. The Balaban J connectivity index is 1.76. The molecule has 2 bridgehead atoms. The standard InChI is InChI=1S/C11H15NO4/c1-11(2,3)16-10(14)12-6-4-5(9(12)13)7-8(6)15-7/h5-8H,4H2,1-3H3. The highest BCUT2D eigenvalue weighted by atomic mass is 16.6. The molecule has 0 radical (unpaired) electrons. The predicted octanol–water partition coefficient (Wildman–Crippen LogP) is 0.920. The number of epoxide rings is 1. The first-order valence-corrected chi connectivity index (χ1v) is 5.60. The molecule has 5 heteroatoms. The minimum atomic E-state index is -0.566. The van der Waals surface area contributed by atoms with Crippen LogP contribution in [0.2, 0.25) is 0 Å². The van der Waals surface area contributed by atoms with Crippen LogP contribution >= 0.6 is 0 Å². The first-order valence-electron chi connectivity index (χ1n) is 5.60. The summed E-state index contributed by atoms with van der Waals surface area (Å²) >= 11 is 0. The van der Waals surface area contributed by atoms with E-state index in [0.717, 1.165) is 6.42 Å². The second-order valence-corrected chi connectivity index (χ2v) is 5.66. The Kier molecular flexibility index (Phi) is 1.74. The average Bonchev–Trinajstić information content (AvgIpc) is 2.74. The van der Waals surface area contributed by atoms with Gasteiger partial charge in [-0.05, 0) is 27.2 Å². The van der Waals surface area contributed by atoms with E-state index in [1.807, 2.05) is 0 Å². The van der Waals surface area contributed by atoms with Crippen LogP contribution in [0.3, 0.4) is 0 Å². The molecule has 1 saturated carbocycles. The van der Waals surface area contributed by atoms with Crippen LogP contribution < -0.4 is 0 Å². The summed E-state index contributed by atoms with van der Waals surface area (Å²) in [4.78, 5) is 25.0. The number of nitrogens with zero attached hydrogens (tertiary/aromatic N) is 1. The van der Waals surface area contributed by atoms with Gasteiger partial charge in [0.1, 0.15) is 11.7 Å².